The van der Waals surface area contributed by atoms with Crippen molar-refractivity contribution in [2.24, 2.45) is 5.92 Å². The maximum absolute atomic E-state index is 12.8. The van der Waals surface area contributed by atoms with Gasteiger partial charge >= 0.3 is 11.9 Å². The Labute approximate surface area is 173 Å². The van der Waals surface area contributed by atoms with E-state index >= 15 is 0 Å². The number of methoxy groups -OCH3 is 1. The van der Waals surface area contributed by atoms with Crippen LogP contribution in [0.2, 0.25) is 0 Å². The highest BCUT2D eigenvalue weighted by molar-refractivity contribution is 6.04. The van der Waals surface area contributed by atoms with Gasteiger partial charge in [0.1, 0.15) is 5.76 Å². The van der Waals surface area contributed by atoms with Crippen molar-refractivity contribution in [3.8, 4) is 0 Å². The van der Waals surface area contributed by atoms with Gasteiger partial charge in [-0.15, -0.1) is 0 Å². The van der Waals surface area contributed by atoms with E-state index < -0.39 is 29.7 Å². The number of carbonyl (C=O) groups excluding carboxylic acids is 4. The first-order valence-electron chi connectivity index (χ1n) is 9.55. The average Bonchev–Trinajstić information content (AvgIpc) is 3.41. The summed E-state index contributed by atoms with van der Waals surface area (Å²) < 4.78 is 15.3. The molecule has 2 atom stereocenters. The van der Waals surface area contributed by atoms with Gasteiger partial charge in [0.15, 0.2) is 6.10 Å². The van der Waals surface area contributed by atoms with Gasteiger partial charge in [-0.05, 0) is 38.5 Å². The Morgan fingerprint density at radius 2 is 2.07 bits per heavy atom. The lowest BCUT2D eigenvalue weighted by Crippen LogP contribution is -2.30. The Bertz CT molecular complexity index is 974. The molecule has 0 unspecified atom stereocenters. The highest BCUT2D eigenvalue weighted by atomic mass is 16.5. The van der Waals surface area contributed by atoms with Crippen LogP contribution in [0.4, 0.5) is 0 Å². The van der Waals surface area contributed by atoms with Crippen LogP contribution in [0.15, 0.2) is 22.8 Å². The standard InChI is InChI=1S/C21H24N2O7/c1-11-17(21(27)28-4)12(2)22-18(11)19(25)13(3)30-20(26)14-8-16(24)23(9-14)10-15-6-5-7-29-15/h5-7,13-14,22H,8-10H2,1-4H3/t13-,14-/m0/s1. The average molecular weight is 416 g/mol. The van der Waals surface area contributed by atoms with Crippen molar-refractivity contribution in [2.45, 2.75) is 39.8 Å². The van der Waals surface area contributed by atoms with Gasteiger partial charge in [0.2, 0.25) is 11.7 Å². The van der Waals surface area contributed by atoms with Crippen molar-refractivity contribution >= 4 is 23.6 Å². The molecule has 9 nitrogen and oxygen atoms in total. The molecule has 0 spiro atoms. The first-order valence-corrected chi connectivity index (χ1v) is 9.55. The van der Waals surface area contributed by atoms with Crippen molar-refractivity contribution in [1.82, 2.24) is 9.88 Å². The van der Waals surface area contributed by atoms with E-state index in [0.29, 0.717) is 17.0 Å². The number of amides is 1. The molecule has 2 aromatic rings. The van der Waals surface area contributed by atoms with Crippen molar-refractivity contribution in [1.29, 1.82) is 0 Å². The number of ketones is 1. The molecular formula is C21H24N2O7. The largest absolute Gasteiger partial charge is 0.467 e. The molecule has 160 valence electrons. The lowest BCUT2D eigenvalue weighted by Gasteiger charge is -2.16. The first-order chi connectivity index (χ1) is 14.2. The lowest BCUT2D eigenvalue weighted by molar-refractivity contribution is -0.151. The number of esters is 2. The van der Waals surface area contributed by atoms with Crippen LogP contribution in [-0.4, -0.2) is 53.3 Å². The molecule has 9 heteroatoms. The van der Waals surface area contributed by atoms with Crippen LogP contribution in [0.3, 0.4) is 0 Å². The van der Waals surface area contributed by atoms with Crippen LogP contribution < -0.4 is 0 Å². The molecule has 3 heterocycles. The van der Waals surface area contributed by atoms with Crippen LogP contribution in [0, 0.1) is 19.8 Å². The summed E-state index contributed by atoms with van der Waals surface area (Å²) in [6, 6.07) is 3.48. The van der Waals surface area contributed by atoms with E-state index in [2.05, 4.69) is 4.98 Å². The predicted octanol–water partition coefficient (Wildman–Crippen LogP) is 2.17. The second-order valence-corrected chi connectivity index (χ2v) is 7.31. The highest BCUT2D eigenvalue weighted by Crippen LogP contribution is 2.24. The third-order valence-electron chi connectivity index (χ3n) is 5.21. The molecule has 1 aliphatic heterocycles. The number of rotatable bonds is 7. The Kier molecular flexibility index (Phi) is 6.09. The van der Waals surface area contributed by atoms with E-state index in [0.717, 1.165) is 0 Å². The second kappa shape index (κ2) is 8.56. The fourth-order valence-corrected chi connectivity index (χ4v) is 3.61. The van der Waals surface area contributed by atoms with Crippen LogP contribution >= 0.6 is 0 Å². The quantitative estimate of drug-likeness (QED) is 0.543. The molecule has 1 fully saturated rings. The second-order valence-electron chi connectivity index (χ2n) is 7.31. The number of carbonyl (C=O) groups is 4. The summed E-state index contributed by atoms with van der Waals surface area (Å²) >= 11 is 0. The summed E-state index contributed by atoms with van der Waals surface area (Å²) in [7, 11) is 1.26. The Morgan fingerprint density at radius 1 is 1.33 bits per heavy atom. The minimum atomic E-state index is -1.08. The fraction of sp³-hybridized carbons (Fsp3) is 0.429. The number of aromatic nitrogens is 1. The van der Waals surface area contributed by atoms with Crippen LogP contribution in [0.25, 0.3) is 0 Å². The summed E-state index contributed by atoms with van der Waals surface area (Å²) in [5.74, 6) is -1.83. The van der Waals surface area contributed by atoms with Crippen molar-refractivity contribution < 1.29 is 33.1 Å². The normalized spacial score (nSPS) is 17.1. The maximum Gasteiger partial charge on any atom is 0.339 e. The number of H-pyrrole nitrogens is 1. The van der Waals surface area contributed by atoms with Crippen LogP contribution in [0.1, 0.15) is 51.2 Å². The number of hydrogen-bond acceptors (Lipinski definition) is 7. The van der Waals surface area contributed by atoms with E-state index in [9.17, 15) is 19.2 Å². The number of likely N-dealkylation sites (tertiary alicyclic amines) is 1. The zero-order valence-corrected chi connectivity index (χ0v) is 17.3. The third-order valence-corrected chi connectivity index (χ3v) is 5.21. The number of nitrogens with zero attached hydrogens (tertiary/aromatic N) is 1. The minimum absolute atomic E-state index is 0.0214. The summed E-state index contributed by atoms with van der Waals surface area (Å²) in [6.45, 7) is 5.23. The molecular weight excluding hydrogens is 392 g/mol. The van der Waals surface area contributed by atoms with E-state index in [4.69, 9.17) is 13.9 Å². The SMILES string of the molecule is COC(=O)c1c(C)[nH]c(C(=O)[C@H](C)OC(=O)[C@H]2CC(=O)N(Cc3ccco3)C2)c1C. The number of furan rings is 1. The number of Topliss-reactive ketones (excluding diaryl/α,β-unsaturated/α-hetero) is 1. The molecule has 0 aliphatic carbocycles. The summed E-state index contributed by atoms with van der Waals surface area (Å²) in [5, 5.41) is 0. The van der Waals surface area contributed by atoms with Crippen molar-refractivity contribution in [2.75, 3.05) is 13.7 Å². The molecule has 0 bridgehead atoms. The summed E-state index contributed by atoms with van der Waals surface area (Å²) in [5.41, 5.74) is 1.41. The van der Waals surface area contributed by atoms with Crippen molar-refractivity contribution in [3.63, 3.8) is 0 Å². The Morgan fingerprint density at radius 3 is 2.70 bits per heavy atom. The van der Waals surface area contributed by atoms with Gasteiger partial charge < -0.3 is 23.8 Å². The molecule has 0 radical (unpaired) electrons. The monoisotopic (exact) mass is 416 g/mol. The van der Waals surface area contributed by atoms with Gasteiger partial charge in [0.05, 0.1) is 37.1 Å². The number of aromatic amines is 1. The molecule has 30 heavy (non-hydrogen) atoms. The molecule has 2 aromatic heterocycles. The molecule has 3 rings (SSSR count). The maximum atomic E-state index is 12.8. The number of aryl methyl sites for hydroxylation is 1. The smallest absolute Gasteiger partial charge is 0.339 e. The van der Waals surface area contributed by atoms with Gasteiger partial charge in [-0.25, -0.2) is 4.79 Å². The van der Waals surface area contributed by atoms with Crippen LogP contribution in [0.5, 0.6) is 0 Å². The molecule has 0 saturated carbocycles. The number of hydrogen-bond donors (Lipinski definition) is 1. The Hall–Kier alpha value is -3.36. The molecule has 1 saturated heterocycles. The number of nitrogens with one attached hydrogen (secondary N) is 1. The zero-order valence-electron chi connectivity index (χ0n) is 17.3. The van der Waals surface area contributed by atoms with E-state index in [1.165, 1.54) is 25.2 Å². The molecule has 1 aliphatic rings. The topological polar surface area (TPSA) is 119 Å². The van der Waals surface area contributed by atoms with Crippen molar-refractivity contribution in [3.05, 3.63) is 46.7 Å². The van der Waals surface area contributed by atoms with E-state index in [1.807, 2.05) is 0 Å². The fourth-order valence-electron chi connectivity index (χ4n) is 3.61. The lowest BCUT2D eigenvalue weighted by atomic mass is 10.1. The third kappa shape index (κ3) is 4.14. The summed E-state index contributed by atoms with van der Waals surface area (Å²) in [6.07, 6.45) is 0.465. The van der Waals surface area contributed by atoms with Gasteiger partial charge in [-0.1, -0.05) is 0 Å². The highest BCUT2D eigenvalue weighted by Gasteiger charge is 2.37. The molecule has 0 aromatic carbocycles. The first kappa shape index (κ1) is 21.4. The van der Waals surface area contributed by atoms with Gasteiger partial charge in [-0.2, -0.15) is 0 Å². The van der Waals surface area contributed by atoms with Crippen LogP contribution in [-0.2, 0) is 25.6 Å². The van der Waals surface area contributed by atoms with Gasteiger partial charge in [-0.3, -0.25) is 14.4 Å². The molecule has 1 amide bonds. The van der Waals surface area contributed by atoms with Gasteiger partial charge in [0.25, 0.3) is 0 Å². The number of ether oxygens (including phenoxy) is 2. The summed E-state index contributed by atoms with van der Waals surface area (Å²) in [4.78, 5) is 53.8. The minimum Gasteiger partial charge on any atom is -0.467 e. The Balaban J connectivity index is 1.64. The van der Waals surface area contributed by atoms with Gasteiger partial charge in [0, 0.05) is 18.7 Å². The molecule has 1 N–H and O–H groups in total. The van der Waals surface area contributed by atoms with E-state index in [-0.39, 0.29) is 36.7 Å². The van der Waals surface area contributed by atoms with E-state index in [1.54, 1.807) is 26.0 Å². The predicted molar refractivity (Wildman–Crippen MR) is 104 cm³/mol. The zero-order chi connectivity index (χ0) is 22.0.